The largest absolute Gasteiger partial charge is 0.457 e. The standard InChI is InChI=1S/C20H25N3O3/c1-3-4-5-14(2)12-22-20-23-18-7-6-16(11-19(18)26-20)25-17-8-9-21-15(10-17)13-24/h6-11,14,24H,3-5,12-13H2,1-2H3,(H,22,23). The number of anilines is 1. The molecule has 0 aliphatic rings. The summed E-state index contributed by atoms with van der Waals surface area (Å²) in [5.41, 5.74) is 2.02. The van der Waals surface area contributed by atoms with E-state index in [1.165, 1.54) is 19.3 Å². The zero-order chi connectivity index (χ0) is 18.4. The lowest BCUT2D eigenvalue weighted by atomic mass is 10.1. The highest BCUT2D eigenvalue weighted by Gasteiger charge is 2.09. The van der Waals surface area contributed by atoms with Gasteiger partial charge < -0.3 is 19.6 Å². The molecule has 6 nitrogen and oxygen atoms in total. The molecule has 2 N–H and O–H groups in total. The van der Waals surface area contributed by atoms with Crippen molar-refractivity contribution in [2.75, 3.05) is 11.9 Å². The van der Waals surface area contributed by atoms with Crippen LogP contribution in [0.1, 0.15) is 38.8 Å². The third kappa shape index (κ3) is 4.73. The minimum Gasteiger partial charge on any atom is -0.457 e. The highest BCUT2D eigenvalue weighted by atomic mass is 16.5. The molecule has 3 rings (SSSR count). The lowest BCUT2D eigenvalue weighted by molar-refractivity contribution is 0.276. The first kappa shape index (κ1) is 18.2. The van der Waals surface area contributed by atoms with Crippen molar-refractivity contribution in [1.29, 1.82) is 0 Å². The fourth-order valence-electron chi connectivity index (χ4n) is 2.70. The van der Waals surface area contributed by atoms with E-state index in [4.69, 9.17) is 14.3 Å². The summed E-state index contributed by atoms with van der Waals surface area (Å²) in [6.45, 7) is 5.16. The molecule has 2 heterocycles. The van der Waals surface area contributed by atoms with E-state index in [0.717, 1.165) is 12.1 Å². The van der Waals surface area contributed by atoms with Gasteiger partial charge in [-0.3, -0.25) is 4.98 Å². The normalized spacial score (nSPS) is 12.3. The smallest absolute Gasteiger partial charge is 0.295 e. The summed E-state index contributed by atoms with van der Waals surface area (Å²) in [5.74, 6) is 1.84. The number of aromatic nitrogens is 2. The van der Waals surface area contributed by atoms with E-state index >= 15 is 0 Å². The van der Waals surface area contributed by atoms with Gasteiger partial charge >= 0.3 is 0 Å². The number of pyridine rings is 1. The van der Waals surface area contributed by atoms with Gasteiger partial charge in [-0.05, 0) is 30.5 Å². The van der Waals surface area contributed by atoms with Crippen LogP contribution in [0.15, 0.2) is 40.9 Å². The minimum atomic E-state index is -0.121. The zero-order valence-electron chi connectivity index (χ0n) is 15.2. The summed E-state index contributed by atoms with van der Waals surface area (Å²) < 4.78 is 11.6. The molecular weight excluding hydrogens is 330 g/mol. The van der Waals surface area contributed by atoms with Gasteiger partial charge in [0.25, 0.3) is 6.01 Å². The van der Waals surface area contributed by atoms with E-state index in [-0.39, 0.29) is 6.61 Å². The Morgan fingerprint density at radius 1 is 1.23 bits per heavy atom. The van der Waals surface area contributed by atoms with E-state index in [1.807, 2.05) is 18.2 Å². The summed E-state index contributed by atoms with van der Waals surface area (Å²) in [7, 11) is 0. The Kier molecular flexibility index (Phi) is 6.07. The molecule has 0 fully saturated rings. The maximum atomic E-state index is 9.16. The summed E-state index contributed by atoms with van der Waals surface area (Å²) in [4.78, 5) is 8.50. The quantitative estimate of drug-likeness (QED) is 0.577. The molecule has 1 aromatic carbocycles. The van der Waals surface area contributed by atoms with Crippen molar-refractivity contribution < 1.29 is 14.3 Å². The third-order valence-corrected chi connectivity index (χ3v) is 4.20. The van der Waals surface area contributed by atoms with Crippen molar-refractivity contribution >= 4 is 17.1 Å². The van der Waals surface area contributed by atoms with Crippen molar-refractivity contribution in [3.05, 3.63) is 42.2 Å². The highest BCUT2D eigenvalue weighted by molar-refractivity contribution is 5.76. The Bertz CT molecular complexity index is 847. The van der Waals surface area contributed by atoms with Crippen LogP contribution >= 0.6 is 0 Å². The van der Waals surface area contributed by atoms with Gasteiger partial charge in [0.2, 0.25) is 0 Å². The van der Waals surface area contributed by atoms with Gasteiger partial charge in [-0.15, -0.1) is 0 Å². The monoisotopic (exact) mass is 355 g/mol. The van der Waals surface area contributed by atoms with Gasteiger partial charge in [0.1, 0.15) is 17.0 Å². The first-order valence-corrected chi connectivity index (χ1v) is 9.06. The fourth-order valence-corrected chi connectivity index (χ4v) is 2.70. The highest BCUT2D eigenvalue weighted by Crippen LogP contribution is 2.27. The second kappa shape index (κ2) is 8.67. The van der Waals surface area contributed by atoms with Crippen molar-refractivity contribution in [2.45, 2.75) is 39.7 Å². The molecule has 1 atom stereocenters. The summed E-state index contributed by atoms with van der Waals surface area (Å²) >= 11 is 0. The summed E-state index contributed by atoms with van der Waals surface area (Å²) in [6.07, 6.45) is 5.26. The average molecular weight is 355 g/mol. The Morgan fingerprint density at radius 2 is 2.08 bits per heavy atom. The molecule has 0 bridgehead atoms. The molecule has 1 unspecified atom stereocenters. The maximum absolute atomic E-state index is 9.16. The fraction of sp³-hybridized carbons (Fsp3) is 0.400. The first-order valence-electron chi connectivity index (χ1n) is 9.06. The number of unbranched alkanes of at least 4 members (excludes halogenated alkanes) is 1. The van der Waals surface area contributed by atoms with Crippen LogP contribution in [-0.4, -0.2) is 21.6 Å². The van der Waals surface area contributed by atoms with Crippen molar-refractivity contribution in [2.24, 2.45) is 5.92 Å². The Labute approximate surface area is 153 Å². The Morgan fingerprint density at radius 3 is 2.88 bits per heavy atom. The number of hydrogen-bond donors (Lipinski definition) is 2. The average Bonchev–Trinajstić information content (AvgIpc) is 3.07. The minimum absolute atomic E-state index is 0.121. The predicted molar refractivity (Wildman–Crippen MR) is 101 cm³/mol. The van der Waals surface area contributed by atoms with Gasteiger partial charge in [0.15, 0.2) is 5.58 Å². The van der Waals surface area contributed by atoms with Crippen LogP contribution in [0.3, 0.4) is 0 Å². The predicted octanol–water partition coefficient (Wildman–Crippen LogP) is 4.75. The molecule has 0 radical (unpaired) electrons. The second-order valence-corrected chi connectivity index (χ2v) is 6.52. The first-order chi connectivity index (χ1) is 12.7. The van der Waals surface area contributed by atoms with E-state index in [0.29, 0.717) is 34.7 Å². The lowest BCUT2D eigenvalue weighted by Crippen LogP contribution is -2.11. The van der Waals surface area contributed by atoms with Gasteiger partial charge in [0, 0.05) is 24.9 Å². The van der Waals surface area contributed by atoms with Crippen LogP contribution < -0.4 is 10.1 Å². The number of rotatable bonds is 9. The number of nitrogens with one attached hydrogen (secondary N) is 1. The second-order valence-electron chi connectivity index (χ2n) is 6.52. The Hall–Kier alpha value is -2.60. The van der Waals surface area contributed by atoms with Crippen LogP contribution in [0.2, 0.25) is 0 Å². The third-order valence-electron chi connectivity index (χ3n) is 4.20. The van der Waals surface area contributed by atoms with E-state index in [9.17, 15) is 0 Å². The molecule has 0 aliphatic heterocycles. The molecule has 0 saturated carbocycles. The maximum Gasteiger partial charge on any atom is 0.295 e. The van der Waals surface area contributed by atoms with Gasteiger partial charge in [0.05, 0.1) is 12.3 Å². The van der Waals surface area contributed by atoms with Gasteiger partial charge in [-0.1, -0.05) is 26.7 Å². The molecule has 26 heavy (non-hydrogen) atoms. The van der Waals surface area contributed by atoms with Crippen LogP contribution in [0.4, 0.5) is 6.01 Å². The molecule has 0 amide bonds. The number of hydrogen-bond acceptors (Lipinski definition) is 6. The van der Waals surface area contributed by atoms with Crippen LogP contribution in [0, 0.1) is 5.92 Å². The number of ether oxygens (including phenoxy) is 1. The molecule has 2 aromatic heterocycles. The van der Waals surface area contributed by atoms with Gasteiger partial charge in [-0.25, -0.2) is 0 Å². The molecule has 0 spiro atoms. The Balaban J connectivity index is 1.67. The number of oxazole rings is 1. The molecular formula is C20H25N3O3. The van der Waals surface area contributed by atoms with Crippen LogP contribution in [-0.2, 0) is 6.61 Å². The molecule has 0 aliphatic carbocycles. The van der Waals surface area contributed by atoms with E-state index in [1.54, 1.807) is 18.3 Å². The van der Waals surface area contributed by atoms with Crippen molar-refractivity contribution in [1.82, 2.24) is 9.97 Å². The van der Waals surface area contributed by atoms with Crippen molar-refractivity contribution in [3.63, 3.8) is 0 Å². The number of fused-ring (bicyclic) bond motifs is 1. The number of nitrogens with zero attached hydrogens (tertiary/aromatic N) is 2. The van der Waals surface area contributed by atoms with E-state index < -0.39 is 0 Å². The molecule has 6 heteroatoms. The molecule has 138 valence electrons. The molecule has 0 saturated heterocycles. The summed E-state index contributed by atoms with van der Waals surface area (Å²) in [6, 6.07) is 9.51. The topological polar surface area (TPSA) is 80.4 Å². The number of aliphatic hydroxyl groups excluding tert-OH is 1. The summed E-state index contributed by atoms with van der Waals surface area (Å²) in [5, 5.41) is 12.4. The number of benzene rings is 1. The van der Waals surface area contributed by atoms with Crippen LogP contribution in [0.25, 0.3) is 11.1 Å². The zero-order valence-corrected chi connectivity index (χ0v) is 15.2. The van der Waals surface area contributed by atoms with Gasteiger partial charge in [-0.2, -0.15) is 4.98 Å². The number of aliphatic hydroxyl groups is 1. The SMILES string of the molecule is CCCCC(C)CNc1nc2ccc(Oc3ccnc(CO)c3)cc2o1. The van der Waals surface area contributed by atoms with Crippen molar-refractivity contribution in [3.8, 4) is 11.5 Å². The molecule has 3 aromatic rings. The lowest BCUT2D eigenvalue weighted by Gasteiger charge is -2.10. The van der Waals surface area contributed by atoms with E-state index in [2.05, 4.69) is 29.1 Å². The van der Waals surface area contributed by atoms with Crippen LogP contribution in [0.5, 0.6) is 11.5 Å².